The molecule has 1 unspecified atom stereocenters. The zero-order valence-electron chi connectivity index (χ0n) is 17.7. The van der Waals surface area contributed by atoms with Gasteiger partial charge in [0, 0.05) is 43.0 Å². The van der Waals surface area contributed by atoms with E-state index in [1.165, 1.54) is 0 Å². The molecule has 170 valence electrons. The van der Waals surface area contributed by atoms with Crippen LogP contribution in [0.1, 0.15) is 33.6 Å². The topological polar surface area (TPSA) is 87.7 Å². The lowest BCUT2D eigenvalue weighted by molar-refractivity contribution is -0.121. The van der Waals surface area contributed by atoms with Crippen molar-refractivity contribution < 1.29 is 19.1 Å². The number of likely N-dealkylation sites (tertiary alicyclic amines) is 1. The van der Waals surface area contributed by atoms with Gasteiger partial charge in [0.05, 0.1) is 23.1 Å². The van der Waals surface area contributed by atoms with Gasteiger partial charge in [-0.15, -0.1) is 0 Å². The van der Waals surface area contributed by atoms with Crippen molar-refractivity contribution in [2.45, 2.75) is 12.8 Å². The zero-order valence-corrected chi connectivity index (χ0v) is 19.2. The van der Waals surface area contributed by atoms with Crippen molar-refractivity contribution in [2.24, 2.45) is 5.92 Å². The molecule has 0 saturated carbocycles. The summed E-state index contributed by atoms with van der Waals surface area (Å²) < 4.78 is 4.91. The molecule has 2 aromatic rings. The first kappa shape index (κ1) is 24.0. The highest BCUT2D eigenvalue weighted by Crippen LogP contribution is 2.24. The molecule has 0 spiro atoms. The summed E-state index contributed by atoms with van der Waals surface area (Å²) in [5.41, 5.74) is 1.36. The summed E-state index contributed by atoms with van der Waals surface area (Å²) >= 11 is 12.1. The van der Waals surface area contributed by atoms with E-state index in [1.807, 2.05) is 0 Å². The van der Waals surface area contributed by atoms with Crippen LogP contribution in [0.4, 0.5) is 5.69 Å². The largest absolute Gasteiger partial charge is 0.383 e. The van der Waals surface area contributed by atoms with Gasteiger partial charge in [0.2, 0.25) is 5.91 Å². The van der Waals surface area contributed by atoms with Crippen LogP contribution >= 0.6 is 23.2 Å². The van der Waals surface area contributed by atoms with Gasteiger partial charge in [-0.05, 0) is 55.3 Å². The number of ether oxygens (including phenoxy) is 1. The van der Waals surface area contributed by atoms with Gasteiger partial charge in [0.25, 0.3) is 11.8 Å². The molecular formula is C23H25Cl2N3O4. The molecule has 1 saturated heterocycles. The Hall–Kier alpha value is -2.61. The highest BCUT2D eigenvalue weighted by atomic mass is 35.5. The second-order valence-corrected chi connectivity index (χ2v) is 8.37. The summed E-state index contributed by atoms with van der Waals surface area (Å²) in [4.78, 5) is 39.4. The van der Waals surface area contributed by atoms with Crippen LogP contribution in [0.5, 0.6) is 0 Å². The van der Waals surface area contributed by atoms with Crippen molar-refractivity contribution in [1.82, 2.24) is 10.2 Å². The average molecular weight is 478 g/mol. The van der Waals surface area contributed by atoms with E-state index in [0.29, 0.717) is 54.5 Å². The lowest BCUT2D eigenvalue weighted by Gasteiger charge is -2.32. The Labute approximate surface area is 197 Å². The minimum absolute atomic E-state index is 0.119. The van der Waals surface area contributed by atoms with Crippen LogP contribution in [0, 0.1) is 5.92 Å². The monoisotopic (exact) mass is 477 g/mol. The van der Waals surface area contributed by atoms with Crippen LogP contribution in [0.2, 0.25) is 10.0 Å². The number of piperidine rings is 1. The number of anilines is 1. The summed E-state index contributed by atoms with van der Waals surface area (Å²) in [5, 5.41) is 6.35. The van der Waals surface area contributed by atoms with E-state index < -0.39 is 0 Å². The molecule has 2 N–H and O–H groups in total. The second kappa shape index (κ2) is 11.3. The summed E-state index contributed by atoms with van der Waals surface area (Å²) in [6.07, 6.45) is 1.42. The molecule has 2 aromatic carbocycles. The van der Waals surface area contributed by atoms with E-state index in [4.69, 9.17) is 27.9 Å². The lowest BCUT2D eigenvalue weighted by Crippen LogP contribution is -2.43. The summed E-state index contributed by atoms with van der Waals surface area (Å²) in [5.74, 6) is -0.956. The van der Waals surface area contributed by atoms with Gasteiger partial charge in [0.15, 0.2) is 0 Å². The predicted octanol–water partition coefficient (Wildman–Crippen LogP) is 3.86. The number of nitrogens with zero attached hydrogens (tertiary/aromatic N) is 1. The minimum atomic E-state index is -0.337. The van der Waals surface area contributed by atoms with E-state index in [2.05, 4.69) is 10.6 Å². The molecule has 32 heavy (non-hydrogen) atoms. The van der Waals surface area contributed by atoms with E-state index in [0.717, 1.165) is 6.42 Å². The molecule has 1 atom stereocenters. The first-order valence-electron chi connectivity index (χ1n) is 10.3. The van der Waals surface area contributed by atoms with Crippen LogP contribution in [0.3, 0.4) is 0 Å². The molecule has 1 aliphatic rings. The number of carbonyl (C=O) groups is 3. The Morgan fingerprint density at radius 3 is 2.56 bits per heavy atom. The van der Waals surface area contributed by atoms with Crippen LogP contribution in [0.25, 0.3) is 0 Å². The smallest absolute Gasteiger partial charge is 0.253 e. The predicted molar refractivity (Wildman–Crippen MR) is 124 cm³/mol. The third kappa shape index (κ3) is 6.22. The van der Waals surface area contributed by atoms with Crippen molar-refractivity contribution in [3.05, 3.63) is 63.6 Å². The van der Waals surface area contributed by atoms with Crippen molar-refractivity contribution >= 4 is 46.6 Å². The minimum Gasteiger partial charge on any atom is -0.383 e. The van der Waals surface area contributed by atoms with Crippen LogP contribution < -0.4 is 10.6 Å². The Morgan fingerprint density at radius 2 is 1.88 bits per heavy atom. The highest BCUT2D eigenvalue weighted by molar-refractivity contribution is 6.34. The maximum Gasteiger partial charge on any atom is 0.253 e. The summed E-state index contributed by atoms with van der Waals surface area (Å²) in [6.45, 7) is 1.71. The average Bonchev–Trinajstić information content (AvgIpc) is 2.79. The third-order valence-corrected chi connectivity index (χ3v) is 5.81. The molecule has 1 heterocycles. The highest BCUT2D eigenvalue weighted by Gasteiger charge is 2.29. The third-order valence-electron chi connectivity index (χ3n) is 5.24. The number of hydrogen-bond acceptors (Lipinski definition) is 4. The van der Waals surface area contributed by atoms with Gasteiger partial charge in [-0.2, -0.15) is 0 Å². The molecule has 3 amide bonds. The molecule has 0 aromatic heterocycles. The van der Waals surface area contributed by atoms with Gasteiger partial charge in [-0.3, -0.25) is 14.4 Å². The van der Waals surface area contributed by atoms with Gasteiger partial charge >= 0.3 is 0 Å². The fourth-order valence-corrected chi connectivity index (χ4v) is 3.93. The number of halogens is 2. The molecule has 9 heteroatoms. The van der Waals surface area contributed by atoms with Crippen LogP contribution in [-0.4, -0.2) is 56.0 Å². The van der Waals surface area contributed by atoms with Gasteiger partial charge < -0.3 is 20.3 Å². The van der Waals surface area contributed by atoms with E-state index in [1.54, 1.807) is 54.5 Å². The lowest BCUT2D eigenvalue weighted by atomic mass is 9.96. The SMILES string of the molecule is COCCNC(=O)c1ccc(NC(=O)C2CCCN(C(=O)c3ccc(Cl)cc3)C2)cc1Cl. The maximum atomic E-state index is 12.8. The van der Waals surface area contributed by atoms with Gasteiger partial charge in [0.1, 0.15) is 0 Å². The molecule has 7 nitrogen and oxygen atoms in total. The number of hydrogen-bond donors (Lipinski definition) is 2. The number of carbonyl (C=O) groups excluding carboxylic acids is 3. The number of nitrogens with one attached hydrogen (secondary N) is 2. The second-order valence-electron chi connectivity index (χ2n) is 7.53. The molecule has 3 rings (SSSR count). The standard InChI is InChI=1S/C23H25Cl2N3O4/c1-32-12-10-26-22(30)19-9-8-18(13-20(19)25)27-21(29)16-3-2-11-28(14-16)23(31)15-4-6-17(24)7-5-15/h4-9,13,16H,2-3,10-12,14H2,1H3,(H,26,30)(H,27,29). The normalized spacial score (nSPS) is 15.8. The Bertz CT molecular complexity index is 982. The quantitative estimate of drug-likeness (QED) is 0.592. The van der Waals surface area contributed by atoms with Crippen molar-refractivity contribution in [3.8, 4) is 0 Å². The first-order valence-corrected chi connectivity index (χ1v) is 11.1. The fourth-order valence-electron chi connectivity index (χ4n) is 3.53. The molecule has 0 bridgehead atoms. The van der Waals surface area contributed by atoms with Crippen LogP contribution in [-0.2, 0) is 9.53 Å². The van der Waals surface area contributed by atoms with Gasteiger partial charge in [-0.1, -0.05) is 23.2 Å². The zero-order chi connectivity index (χ0) is 23.1. The molecule has 0 aliphatic carbocycles. The van der Waals surface area contributed by atoms with Crippen molar-refractivity contribution in [3.63, 3.8) is 0 Å². The van der Waals surface area contributed by atoms with Gasteiger partial charge in [-0.25, -0.2) is 0 Å². The maximum absolute atomic E-state index is 12.8. The molecule has 1 fully saturated rings. The van der Waals surface area contributed by atoms with Crippen molar-refractivity contribution in [2.75, 3.05) is 38.7 Å². The molecule has 1 aliphatic heterocycles. The Morgan fingerprint density at radius 1 is 1.12 bits per heavy atom. The van der Waals surface area contributed by atoms with E-state index in [-0.39, 0.29) is 28.7 Å². The number of rotatable bonds is 7. The number of benzene rings is 2. The Kier molecular flexibility index (Phi) is 8.50. The molecule has 0 radical (unpaired) electrons. The molecular weight excluding hydrogens is 453 g/mol. The van der Waals surface area contributed by atoms with Crippen molar-refractivity contribution in [1.29, 1.82) is 0 Å². The first-order chi connectivity index (χ1) is 15.4. The van der Waals surface area contributed by atoms with Crippen LogP contribution in [0.15, 0.2) is 42.5 Å². The Balaban J connectivity index is 1.60. The number of methoxy groups -OCH3 is 1. The fraction of sp³-hybridized carbons (Fsp3) is 0.348. The summed E-state index contributed by atoms with van der Waals surface area (Å²) in [7, 11) is 1.55. The summed E-state index contributed by atoms with van der Waals surface area (Å²) in [6, 6.07) is 11.5. The number of amides is 3. The van der Waals surface area contributed by atoms with E-state index in [9.17, 15) is 14.4 Å². The van der Waals surface area contributed by atoms with E-state index >= 15 is 0 Å².